The summed E-state index contributed by atoms with van der Waals surface area (Å²) in [5, 5.41) is 3.17. The van der Waals surface area contributed by atoms with Crippen molar-refractivity contribution in [1.29, 1.82) is 0 Å². The molecule has 0 fully saturated rings. The zero-order valence-electron chi connectivity index (χ0n) is 5.83. The van der Waals surface area contributed by atoms with Crippen LogP contribution in [0.3, 0.4) is 0 Å². The van der Waals surface area contributed by atoms with Crippen LogP contribution in [-0.2, 0) is 0 Å². The molecule has 1 N–H and O–H groups in total. The summed E-state index contributed by atoms with van der Waals surface area (Å²) in [6.45, 7) is 2.02. The Balaban J connectivity index is 2.95. The zero-order chi connectivity index (χ0) is 7.40. The third-order valence-electron chi connectivity index (χ3n) is 1.26. The molecular formula is C8H9N2. The van der Waals surface area contributed by atoms with Crippen molar-refractivity contribution in [3.63, 3.8) is 0 Å². The van der Waals surface area contributed by atoms with Gasteiger partial charge in [-0.25, -0.2) is 5.84 Å². The third-order valence-corrected chi connectivity index (χ3v) is 1.26. The lowest BCUT2D eigenvalue weighted by molar-refractivity contribution is 1.20. The van der Waals surface area contributed by atoms with Crippen LogP contribution in [0.1, 0.15) is 11.1 Å². The molecule has 0 atom stereocenters. The Morgan fingerprint density at radius 3 is 2.90 bits per heavy atom. The normalized spacial score (nSPS) is 10.5. The molecule has 0 aliphatic heterocycles. The second-order valence-corrected chi connectivity index (χ2v) is 2.17. The molecule has 1 aromatic carbocycles. The Bertz CT molecular complexity index is 241. The van der Waals surface area contributed by atoms with E-state index in [1.54, 1.807) is 0 Å². The van der Waals surface area contributed by atoms with Crippen LogP contribution < -0.4 is 5.84 Å². The Morgan fingerprint density at radius 1 is 1.50 bits per heavy atom. The van der Waals surface area contributed by atoms with Crippen molar-refractivity contribution in [3.8, 4) is 0 Å². The number of rotatable bonds is 1. The first-order valence-electron chi connectivity index (χ1n) is 3.09. The fourth-order valence-corrected chi connectivity index (χ4v) is 0.825. The van der Waals surface area contributed by atoms with Crippen molar-refractivity contribution in [2.75, 3.05) is 0 Å². The quantitative estimate of drug-likeness (QED) is 0.412. The molecule has 1 aromatic rings. The number of benzene rings is 1. The van der Waals surface area contributed by atoms with Crippen molar-refractivity contribution >= 4 is 6.21 Å². The van der Waals surface area contributed by atoms with Crippen LogP contribution in [0.25, 0.3) is 0 Å². The van der Waals surface area contributed by atoms with E-state index >= 15 is 0 Å². The number of aryl methyl sites for hydroxylation is 1. The molecule has 2 heteroatoms. The molecule has 0 spiro atoms. The first kappa shape index (κ1) is 6.81. The smallest absolute Gasteiger partial charge is 0.0561 e. The summed E-state index contributed by atoms with van der Waals surface area (Å²) in [6.07, 6.45) is 1.52. The standard InChI is InChI=1S/C8H9N2/c1-7-3-2-4-8(5-7)6-10-9/h2-6,9H,1H3. The number of hydrogen-bond donors (Lipinski definition) is 0. The van der Waals surface area contributed by atoms with E-state index in [-0.39, 0.29) is 0 Å². The van der Waals surface area contributed by atoms with E-state index in [0.717, 1.165) is 5.56 Å². The minimum absolute atomic E-state index is 0.981. The van der Waals surface area contributed by atoms with Gasteiger partial charge in [0.25, 0.3) is 0 Å². The van der Waals surface area contributed by atoms with Gasteiger partial charge in [0.1, 0.15) is 0 Å². The predicted octanol–water partition coefficient (Wildman–Crippen LogP) is 1.61. The highest BCUT2D eigenvalue weighted by Gasteiger charge is 1.85. The van der Waals surface area contributed by atoms with Gasteiger partial charge in [-0.05, 0) is 12.5 Å². The Labute approximate surface area is 60.4 Å². The average molecular weight is 133 g/mol. The minimum Gasteiger partial charge on any atom is -0.205 e. The summed E-state index contributed by atoms with van der Waals surface area (Å²) >= 11 is 0. The lowest BCUT2D eigenvalue weighted by Gasteiger charge is -1.92. The van der Waals surface area contributed by atoms with Gasteiger partial charge in [-0.1, -0.05) is 29.8 Å². The van der Waals surface area contributed by atoms with Crippen molar-refractivity contribution < 1.29 is 0 Å². The van der Waals surface area contributed by atoms with Gasteiger partial charge in [-0.15, -0.1) is 0 Å². The molecule has 0 amide bonds. The van der Waals surface area contributed by atoms with Crippen molar-refractivity contribution in [3.05, 3.63) is 35.4 Å². The van der Waals surface area contributed by atoms with Crippen molar-refractivity contribution in [2.24, 2.45) is 5.10 Å². The van der Waals surface area contributed by atoms with Gasteiger partial charge >= 0.3 is 0 Å². The molecule has 0 aliphatic rings. The topological polar surface area (TPSA) is 36.2 Å². The maximum Gasteiger partial charge on any atom is 0.0561 e. The molecule has 0 aromatic heterocycles. The third kappa shape index (κ3) is 1.58. The number of nitrogens with zero attached hydrogens (tertiary/aromatic N) is 1. The predicted molar refractivity (Wildman–Crippen MR) is 41.9 cm³/mol. The second kappa shape index (κ2) is 3.01. The highest BCUT2D eigenvalue weighted by atomic mass is 15.1. The lowest BCUT2D eigenvalue weighted by atomic mass is 10.2. The fraction of sp³-hybridized carbons (Fsp3) is 0.125. The van der Waals surface area contributed by atoms with Gasteiger partial charge in [-0.3, -0.25) is 0 Å². The van der Waals surface area contributed by atoms with Crippen LogP contribution in [0.5, 0.6) is 0 Å². The monoisotopic (exact) mass is 133 g/mol. The highest BCUT2D eigenvalue weighted by molar-refractivity contribution is 5.79. The Kier molecular flexibility index (Phi) is 2.05. The SMILES string of the molecule is Cc1cccc(C=N[NH])c1. The maximum atomic E-state index is 6.58. The first-order valence-corrected chi connectivity index (χ1v) is 3.09. The summed E-state index contributed by atoms with van der Waals surface area (Å²) in [6, 6.07) is 7.87. The van der Waals surface area contributed by atoms with Gasteiger partial charge in [0.05, 0.1) is 6.21 Å². The molecule has 51 valence electrons. The molecule has 1 rings (SSSR count). The molecule has 0 saturated carbocycles. The average Bonchev–Trinajstić information content (AvgIpc) is 1.88. The molecule has 10 heavy (non-hydrogen) atoms. The summed E-state index contributed by atoms with van der Waals surface area (Å²) in [4.78, 5) is 0. The van der Waals surface area contributed by atoms with Gasteiger partial charge in [0, 0.05) is 0 Å². The van der Waals surface area contributed by atoms with Crippen LogP contribution in [-0.4, -0.2) is 6.21 Å². The van der Waals surface area contributed by atoms with Gasteiger partial charge in [-0.2, -0.15) is 5.10 Å². The van der Waals surface area contributed by atoms with E-state index in [4.69, 9.17) is 5.84 Å². The van der Waals surface area contributed by atoms with Crippen molar-refractivity contribution in [1.82, 2.24) is 5.84 Å². The van der Waals surface area contributed by atoms with Crippen LogP contribution >= 0.6 is 0 Å². The number of nitrogens with one attached hydrogen (secondary N) is 1. The van der Waals surface area contributed by atoms with E-state index in [2.05, 4.69) is 5.10 Å². The van der Waals surface area contributed by atoms with Crippen LogP contribution in [0.2, 0.25) is 0 Å². The molecule has 2 nitrogen and oxygen atoms in total. The van der Waals surface area contributed by atoms with Crippen LogP contribution in [0, 0.1) is 6.92 Å². The lowest BCUT2D eigenvalue weighted by Crippen LogP contribution is -1.81. The molecule has 1 radical (unpaired) electrons. The Hall–Kier alpha value is -1.31. The van der Waals surface area contributed by atoms with Crippen molar-refractivity contribution in [2.45, 2.75) is 6.92 Å². The summed E-state index contributed by atoms with van der Waals surface area (Å²) < 4.78 is 0. The molecular weight excluding hydrogens is 124 g/mol. The van der Waals surface area contributed by atoms with Gasteiger partial charge in [0.2, 0.25) is 0 Å². The molecule has 0 saturated heterocycles. The fourth-order valence-electron chi connectivity index (χ4n) is 0.825. The van der Waals surface area contributed by atoms with Gasteiger partial charge < -0.3 is 0 Å². The number of hydrogen-bond acceptors (Lipinski definition) is 1. The van der Waals surface area contributed by atoms with E-state index in [1.165, 1.54) is 11.8 Å². The second-order valence-electron chi connectivity index (χ2n) is 2.17. The molecule has 0 heterocycles. The molecule has 0 unspecified atom stereocenters. The van der Waals surface area contributed by atoms with Crippen LogP contribution in [0.4, 0.5) is 0 Å². The van der Waals surface area contributed by atoms with Gasteiger partial charge in [0.15, 0.2) is 0 Å². The zero-order valence-corrected chi connectivity index (χ0v) is 5.83. The van der Waals surface area contributed by atoms with Crippen LogP contribution in [0.15, 0.2) is 29.4 Å². The van der Waals surface area contributed by atoms with E-state index in [1.807, 2.05) is 31.2 Å². The summed E-state index contributed by atoms with van der Waals surface area (Å²) in [5.41, 5.74) is 2.17. The highest BCUT2D eigenvalue weighted by Crippen LogP contribution is 2.00. The minimum atomic E-state index is 0.981. The molecule has 0 aliphatic carbocycles. The van der Waals surface area contributed by atoms with E-state index in [0.29, 0.717) is 0 Å². The first-order chi connectivity index (χ1) is 4.83. The molecule has 0 bridgehead atoms. The summed E-state index contributed by atoms with van der Waals surface area (Å²) in [5.74, 6) is 6.58. The Morgan fingerprint density at radius 2 is 2.30 bits per heavy atom. The summed E-state index contributed by atoms with van der Waals surface area (Å²) in [7, 11) is 0. The largest absolute Gasteiger partial charge is 0.205 e. The van der Waals surface area contributed by atoms with E-state index in [9.17, 15) is 0 Å². The maximum absolute atomic E-state index is 6.58. The van der Waals surface area contributed by atoms with E-state index < -0.39 is 0 Å².